The number of ether oxygens (including phenoxy) is 1. The Hall–Kier alpha value is -0.130. The summed E-state index contributed by atoms with van der Waals surface area (Å²) in [5.41, 5.74) is -0.226. The van der Waals surface area contributed by atoms with Crippen LogP contribution in [0.15, 0.2) is 4.99 Å². The van der Waals surface area contributed by atoms with Crippen molar-refractivity contribution in [2.24, 2.45) is 10.4 Å². The van der Waals surface area contributed by atoms with Gasteiger partial charge in [-0.1, -0.05) is 0 Å². The zero-order valence-corrected chi connectivity index (χ0v) is 18.6. The molecule has 0 saturated carbocycles. The highest BCUT2D eigenvalue weighted by Crippen LogP contribution is 2.30. The predicted molar refractivity (Wildman–Crippen MR) is 110 cm³/mol. The van der Waals surface area contributed by atoms with E-state index in [-0.39, 0.29) is 41.8 Å². The first-order valence-electron chi connectivity index (χ1n) is 8.69. The third kappa shape index (κ3) is 5.43. The van der Waals surface area contributed by atoms with E-state index in [1.807, 2.05) is 11.8 Å². The van der Waals surface area contributed by atoms with Crippen molar-refractivity contribution in [1.29, 1.82) is 0 Å². The van der Waals surface area contributed by atoms with Gasteiger partial charge in [0.1, 0.15) is 0 Å². The summed E-state index contributed by atoms with van der Waals surface area (Å²) in [6.45, 7) is 9.07. The lowest BCUT2D eigenvalue weighted by molar-refractivity contribution is -0.0107. The first kappa shape index (κ1) is 22.9. The van der Waals surface area contributed by atoms with Crippen molar-refractivity contribution in [3.63, 3.8) is 0 Å². The van der Waals surface area contributed by atoms with E-state index in [9.17, 15) is 13.5 Å². The summed E-state index contributed by atoms with van der Waals surface area (Å²) in [7, 11) is -3.08. The van der Waals surface area contributed by atoms with E-state index in [0.29, 0.717) is 32.8 Å². The van der Waals surface area contributed by atoms with Crippen LogP contribution in [0.4, 0.5) is 0 Å². The molecule has 0 amide bonds. The van der Waals surface area contributed by atoms with Gasteiger partial charge >= 0.3 is 0 Å². The van der Waals surface area contributed by atoms with E-state index in [1.54, 1.807) is 13.8 Å². The van der Waals surface area contributed by atoms with Gasteiger partial charge < -0.3 is 20.1 Å². The van der Waals surface area contributed by atoms with E-state index in [1.165, 1.54) is 0 Å². The molecule has 0 radical (unpaired) electrons. The molecule has 0 aliphatic carbocycles. The Labute approximate surface area is 168 Å². The van der Waals surface area contributed by atoms with Crippen molar-refractivity contribution in [1.82, 2.24) is 10.2 Å². The highest BCUT2D eigenvalue weighted by Gasteiger charge is 2.41. The Morgan fingerprint density at radius 1 is 1.32 bits per heavy atom. The largest absolute Gasteiger partial charge is 0.396 e. The summed E-state index contributed by atoms with van der Waals surface area (Å²) in [6.07, 6.45) is 1.60. The van der Waals surface area contributed by atoms with Gasteiger partial charge in [-0.05, 0) is 33.6 Å². The number of hydrogen-bond donors (Lipinski definition) is 2. The third-order valence-corrected chi connectivity index (χ3v) is 7.66. The van der Waals surface area contributed by atoms with Gasteiger partial charge in [-0.3, -0.25) is 4.99 Å². The maximum atomic E-state index is 12.2. The van der Waals surface area contributed by atoms with Crippen molar-refractivity contribution in [2.45, 2.75) is 38.4 Å². The van der Waals surface area contributed by atoms with E-state index in [0.717, 1.165) is 25.3 Å². The van der Waals surface area contributed by atoms with E-state index in [4.69, 9.17) is 9.73 Å². The van der Waals surface area contributed by atoms with Crippen LogP contribution in [0, 0.1) is 5.41 Å². The molecular weight excluding hydrogens is 457 g/mol. The molecular formula is C16H32IN3O4S. The molecule has 0 aromatic carbocycles. The molecule has 2 N–H and O–H groups in total. The van der Waals surface area contributed by atoms with Crippen LogP contribution in [-0.2, 0) is 14.6 Å². The number of rotatable bonds is 4. The number of aliphatic hydroxyl groups is 1. The third-order valence-electron chi connectivity index (χ3n) is 5.13. The quantitative estimate of drug-likeness (QED) is 0.346. The second kappa shape index (κ2) is 9.18. The fraction of sp³-hybridized carbons (Fsp3) is 0.938. The molecule has 7 nitrogen and oxygen atoms in total. The smallest absolute Gasteiger partial charge is 0.194 e. The molecule has 0 spiro atoms. The standard InChI is InChI=1S/C16H31N3O4S.HI/c1-4-17-14(18-11-16(13-20)5-8-23-9-6-16)19-7-10-24(21,22)15(2,3)12-19;/h20H,4-13H2,1-3H3,(H,17,18);1H. The summed E-state index contributed by atoms with van der Waals surface area (Å²) in [4.78, 5) is 6.76. The second-order valence-electron chi connectivity index (χ2n) is 7.44. The Bertz CT molecular complexity index is 560. The van der Waals surface area contributed by atoms with Gasteiger partial charge in [0.15, 0.2) is 15.8 Å². The van der Waals surface area contributed by atoms with Gasteiger partial charge in [0.05, 0.1) is 23.7 Å². The van der Waals surface area contributed by atoms with Crippen LogP contribution < -0.4 is 5.32 Å². The molecule has 2 heterocycles. The molecule has 148 valence electrons. The number of aliphatic imine (C=N–C) groups is 1. The molecule has 2 fully saturated rings. The zero-order valence-electron chi connectivity index (χ0n) is 15.5. The molecule has 2 rings (SSSR count). The number of nitrogens with one attached hydrogen (secondary N) is 1. The zero-order chi connectivity index (χ0) is 17.8. The van der Waals surface area contributed by atoms with Gasteiger partial charge in [0.25, 0.3) is 0 Å². The fourth-order valence-corrected chi connectivity index (χ4v) is 4.53. The predicted octanol–water partition coefficient (Wildman–Crippen LogP) is 0.868. The summed E-state index contributed by atoms with van der Waals surface area (Å²) in [6, 6.07) is 0. The number of aliphatic hydroxyl groups excluding tert-OH is 1. The Morgan fingerprint density at radius 2 is 1.96 bits per heavy atom. The highest BCUT2D eigenvalue weighted by atomic mass is 127. The van der Waals surface area contributed by atoms with Crippen molar-refractivity contribution < 1.29 is 18.3 Å². The molecule has 25 heavy (non-hydrogen) atoms. The van der Waals surface area contributed by atoms with Crippen LogP contribution in [0.2, 0.25) is 0 Å². The average molecular weight is 489 g/mol. The molecule has 0 unspecified atom stereocenters. The lowest BCUT2D eigenvalue weighted by atomic mass is 9.81. The minimum atomic E-state index is -3.08. The Morgan fingerprint density at radius 3 is 2.48 bits per heavy atom. The normalized spacial score (nSPS) is 25.1. The molecule has 0 aromatic rings. The SMILES string of the molecule is CCNC(=NCC1(CO)CCOCC1)N1CCS(=O)(=O)C(C)(C)C1.I. The second-order valence-corrected chi connectivity index (χ2v) is 10.2. The Kier molecular flexibility index (Phi) is 8.42. The minimum absolute atomic E-state index is 0. The van der Waals surface area contributed by atoms with Gasteiger partial charge in [0.2, 0.25) is 0 Å². The van der Waals surface area contributed by atoms with Gasteiger partial charge in [0, 0.05) is 38.3 Å². The summed E-state index contributed by atoms with van der Waals surface area (Å²) >= 11 is 0. The number of sulfone groups is 1. The lowest BCUT2D eigenvalue weighted by Crippen LogP contribution is -2.57. The van der Waals surface area contributed by atoms with E-state index >= 15 is 0 Å². The lowest BCUT2D eigenvalue weighted by Gasteiger charge is -2.40. The highest BCUT2D eigenvalue weighted by molar-refractivity contribution is 14.0. The Balaban J connectivity index is 0.00000312. The van der Waals surface area contributed by atoms with Crippen LogP contribution >= 0.6 is 24.0 Å². The molecule has 0 aromatic heterocycles. The monoisotopic (exact) mass is 489 g/mol. The summed E-state index contributed by atoms with van der Waals surface area (Å²) < 4.78 is 29.0. The first-order chi connectivity index (χ1) is 11.3. The van der Waals surface area contributed by atoms with Gasteiger partial charge in [-0.2, -0.15) is 0 Å². The summed E-state index contributed by atoms with van der Waals surface area (Å²) in [5.74, 6) is 0.878. The maximum Gasteiger partial charge on any atom is 0.194 e. The molecule has 0 atom stereocenters. The first-order valence-corrected chi connectivity index (χ1v) is 10.3. The molecule has 9 heteroatoms. The number of halogens is 1. The molecule has 2 aliphatic heterocycles. The topological polar surface area (TPSA) is 91.2 Å². The van der Waals surface area contributed by atoms with Crippen LogP contribution in [0.25, 0.3) is 0 Å². The van der Waals surface area contributed by atoms with E-state index < -0.39 is 14.6 Å². The molecule has 2 saturated heterocycles. The molecule has 0 bridgehead atoms. The van der Waals surface area contributed by atoms with Crippen molar-refractivity contribution >= 4 is 39.8 Å². The average Bonchev–Trinajstić information content (AvgIpc) is 2.55. The van der Waals surface area contributed by atoms with Crippen LogP contribution in [0.1, 0.15) is 33.6 Å². The molecule has 2 aliphatic rings. The van der Waals surface area contributed by atoms with Gasteiger partial charge in [-0.15, -0.1) is 24.0 Å². The minimum Gasteiger partial charge on any atom is -0.396 e. The van der Waals surface area contributed by atoms with Crippen molar-refractivity contribution in [3.8, 4) is 0 Å². The van der Waals surface area contributed by atoms with Crippen LogP contribution in [0.5, 0.6) is 0 Å². The number of hydrogen-bond acceptors (Lipinski definition) is 5. The van der Waals surface area contributed by atoms with Crippen molar-refractivity contribution in [3.05, 3.63) is 0 Å². The maximum absolute atomic E-state index is 12.2. The number of guanidine groups is 1. The van der Waals surface area contributed by atoms with Gasteiger partial charge in [-0.25, -0.2) is 8.42 Å². The van der Waals surface area contributed by atoms with Crippen molar-refractivity contribution in [2.75, 3.05) is 51.8 Å². The number of nitrogens with zero attached hydrogens (tertiary/aromatic N) is 2. The van der Waals surface area contributed by atoms with E-state index in [2.05, 4.69) is 5.32 Å². The van der Waals surface area contributed by atoms with Crippen LogP contribution in [-0.4, -0.2) is 80.9 Å². The summed E-state index contributed by atoms with van der Waals surface area (Å²) in [5, 5.41) is 13.1. The fourth-order valence-electron chi connectivity index (χ4n) is 3.16. The van der Waals surface area contributed by atoms with Crippen LogP contribution in [0.3, 0.4) is 0 Å².